The number of nitrogens with one attached hydrogen (secondary N) is 2. The summed E-state index contributed by atoms with van der Waals surface area (Å²) in [5, 5.41) is 1.89. The quantitative estimate of drug-likeness (QED) is 0.818. The van der Waals surface area contributed by atoms with E-state index in [1.54, 1.807) is 10.5 Å². The first-order chi connectivity index (χ1) is 8.34. The van der Waals surface area contributed by atoms with Crippen LogP contribution in [0, 0.1) is 0 Å². The topological polar surface area (TPSA) is 44.4 Å². The molecule has 0 atom stereocenters. The summed E-state index contributed by atoms with van der Waals surface area (Å²) in [5.41, 5.74) is 4.81. The number of anilines is 2. The number of para-hydroxylation sites is 2. The van der Waals surface area contributed by atoms with Crippen LogP contribution in [0.5, 0.6) is 0 Å². The van der Waals surface area contributed by atoms with Crippen LogP contribution in [0.2, 0.25) is 0 Å². The Labute approximate surface area is 107 Å². The summed E-state index contributed by atoms with van der Waals surface area (Å²) in [6.45, 7) is 0. The van der Waals surface area contributed by atoms with E-state index in [1.165, 1.54) is 23.5 Å². The van der Waals surface area contributed by atoms with E-state index < -0.39 is 0 Å². The maximum absolute atomic E-state index is 11.9. The summed E-state index contributed by atoms with van der Waals surface area (Å²) in [7, 11) is 0. The molecule has 17 heavy (non-hydrogen) atoms. The Bertz CT molecular complexity index is 541. The van der Waals surface area contributed by atoms with Gasteiger partial charge in [0.1, 0.15) is 0 Å². The average Bonchev–Trinajstić information content (AvgIpc) is 2.98. The highest BCUT2D eigenvalue weighted by molar-refractivity contribution is 8.02. The normalized spacial score (nSPS) is 13.1. The van der Waals surface area contributed by atoms with Gasteiger partial charge in [0.05, 0.1) is 28.4 Å². The highest BCUT2D eigenvalue weighted by Gasteiger charge is 2.21. The van der Waals surface area contributed by atoms with Crippen molar-refractivity contribution in [1.29, 1.82) is 0 Å². The molecule has 1 aliphatic rings. The van der Waals surface area contributed by atoms with Gasteiger partial charge < -0.3 is 4.72 Å². The molecule has 0 spiro atoms. The fraction of sp³-hybridized carbons (Fsp3) is 0. The van der Waals surface area contributed by atoms with E-state index in [2.05, 4.69) is 10.1 Å². The predicted molar refractivity (Wildman–Crippen MR) is 71.9 cm³/mol. The fourth-order valence-corrected chi connectivity index (χ4v) is 2.88. The summed E-state index contributed by atoms with van der Waals surface area (Å²) in [4.78, 5) is 12.6. The molecule has 0 saturated carbocycles. The number of rotatable bonds is 2. The highest BCUT2D eigenvalue weighted by Crippen LogP contribution is 2.37. The number of benzene rings is 1. The first kappa shape index (κ1) is 10.5. The van der Waals surface area contributed by atoms with E-state index in [0.717, 1.165) is 11.4 Å². The monoisotopic (exact) mass is 263 g/mol. The molecule has 1 amide bonds. The predicted octanol–water partition coefficient (Wildman–Crippen LogP) is 2.89. The second-order valence-corrected chi connectivity index (χ2v) is 5.12. The molecule has 0 fully saturated rings. The molecule has 0 saturated heterocycles. The Hall–Kier alpha value is -1.66. The molecule has 0 bridgehead atoms. The van der Waals surface area contributed by atoms with Gasteiger partial charge in [-0.05, 0) is 23.6 Å². The van der Waals surface area contributed by atoms with E-state index in [0.29, 0.717) is 4.88 Å². The summed E-state index contributed by atoms with van der Waals surface area (Å²) in [6, 6.07) is 11.5. The van der Waals surface area contributed by atoms with Crippen LogP contribution in [0.25, 0.3) is 0 Å². The molecule has 2 N–H and O–H groups in total. The molecule has 2 heterocycles. The van der Waals surface area contributed by atoms with Crippen molar-refractivity contribution in [1.82, 2.24) is 5.43 Å². The van der Waals surface area contributed by atoms with Crippen molar-refractivity contribution < 1.29 is 4.79 Å². The third-order valence-electron chi connectivity index (χ3n) is 2.32. The largest absolute Gasteiger partial charge is 0.308 e. The molecule has 0 aliphatic carbocycles. The van der Waals surface area contributed by atoms with Crippen LogP contribution in [0.15, 0.2) is 41.8 Å². The van der Waals surface area contributed by atoms with Gasteiger partial charge in [0.25, 0.3) is 5.91 Å². The van der Waals surface area contributed by atoms with Crippen molar-refractivity contribution in [3.05, 3.63) is 46.7 Å². The summed E-state index contributed by atoms with van der Waals surface area (Å²) >= 11 is 2.78. The Morgan fingerprint density at radius 2 is 2.12 bits per heavy atom. The van der Waals surface area contributed by atoms with Gasteiger partial charge in [-0.2, -0.15) is 0 Å². The zero-order valence-corrected chi connectivity index (χ0v) is 10.3. The molecule has 2 aromatic rings. The third-order valence-corrected chi connectivity index (χ3v) is 3.97. The van der Waals surface area contributed by atoms with E-state index in [9.17, 15) is 4.79 Å². The lowest BCUT2D eigenvalue weighted by Gasteiger charge is -2.15. The smallest absolute Gasteiger partial charge is 0.280 e. The van der Waals surface area contributed by atoms with Crippen LogP contribution in [0.1, 0.15) is 9.67 Å². The van der Waals surface area contributed by atoms with Gasteiger partial charge >= 0.3 is 0 Å². The second kappa shape index (κ2) is 4.31. The van der Waals surface area contributed by atoms with E-state index in [-0.39, 0.29) is 5.91 Å². The van der Waals surface area contributed by atoms with Crippen LogP contribution in [0.3, 0.4) is 0 Å². The number of hydrogen-bond donors (Lipinski definition) is 2. The molecular formula is C11H9N3OS2. The number of hydrazine groups is 1. The molecule has 6 heteroatoms. The maximum atomic E-state index is 11.9. The van der Waals surface area contributed by atoms with Crippen LogP contribution >= 0.6 is 23.5 Å². The first-order valence-corrected chi connectivity index (χ1v) is 6.66. The molecule has 4 nitrogen and oxygen atoms in total. The number of nitrogens with zero attached hydrogens (tertiary/aromatic N) is 1. The summed E-state index contributed by atoms with van der Waals surface area (Å²) in [6.07, 6.45) is 0. The van der Waals surface area contributed by atoms with Gasteiger partial charge in [-0.3, -0.25) is 10.2 Å². The van der Waals surface area contributed by atoms with Crippen molar-refractivity contribution in [2.75, 3.05) is 9.14 Å². The van der Waals surface area contributed by atoms with E-state index in [1.807, 2.05) is 35.7 Å². The highest BCUT2D eigenvalue weighted by atomic mass is 32.2. The lowest BCUT2D eigenvalue weighted by atomic mass is 10.3. The van der Waals surface area contributed by atoms with Crippen molar-refractivity contribution in [2.45, 2.75) is 0 Å². The Balaban J connectivity index is 1.78. The Kier molecular flexibility index (Phi) is 2.66. The fourth-order valence-electron chi connectivity index (χ4n) is 1.52. The van der Waals surface area contributed by atoms with Crippen LogP contribution in [-0.4, -0.2) is 5.91 Å². The van der Waals surface area contributed by atoms with Gasteiger partial charge in [0.15, 0.2) is 0 Å². The van der Waals surface area contributed by atoms with E-state index in [4.69, 9.17) is 0 Å². The molecule has 1 aliphatic heterocycles. The van der Waals surface area contributed by atoms with Crippen LogP contribution in [-0.2, 0) is 0 Å². The van der Waals surface area contributed by atoms with Crippen LogP contribution < -0.4 is 14.6 Å². The second-order valence-electron chi connectivity index (χ2n) is 3.42. The van der Waals surface area contributed by atoms with Gasteiger partial charge in [-0.1, -0.05) is 18.2 Å². The Morgan fingerprint density at radius 1 is 1.24 bits per heavy atom. The Morgan fingerprint density at radius 3 is 2.94 bits per heavy atom. The molecule has 3 rings (SSSR count). The summed E-state index contributed by atoms with van der Waals surface area (Å²) < 4.78 is 4.87. The lowest BCUT2D eigenvalue weighted by molar-refractivity contribution is 0.0961. The van der Waals surface area contributed by atoms with E-state index >= 15 is 0 Å². The molecule has 1 aromatic carbocycles. The van der Waals surface area contributed by atoms with Gasteiger partial charge in [0.2, 0.25) is 0 Å². The standard InChI is InChI=1S/C11H9N3OS2/c15-11(10-6-3-7-16-10)12-14-9-5-2-1-4-8(9)13-17-14/h1-7,13H,(H,12,15). The number of amides is 1. The minimum Gasteiger partial charge on any atom is -0.308 e. The molecule has 86 valence electrons. The van der Waals surface area contributed by atoms with Gasteiger partial charge in [0, 0.05) is 0 Å². The van der Waals surface area contributed by atoms with Crippen LogP contribution in [0.4, 0.5) is 11.4 Å². The minimum absolute atomic E-state index is 0.0917. The third kappa shape index (κ3) is 1.96. The van der Waals surface area contributed by atoms with Crippen molar-refractivity contribution in [2.24, 2.45) is 0 Å². The molecule has 0 unspecified atom stereocenters. The molecule has 1 aromatic heterocycles. The number of hydrogen-bond acceptors (Lipinski definition) is 5. The summed E-state index contributed by atoms with van der Waals surface area (Å²) in [5.74, 6) is -0.0917. The van der Waals surface area contributed by atoms with Crippen molar-refractivity contribution >= 4 is 40.8 Å². The maximum Gasteiger partial charge on any atom is 0.280 e. The zero-order chi connectivity index (χ0) is 11.7. The number of carbonyl (C=O) groups is 1. The minimum atomic E-state index is -0.0917. The number of fused-ring (bicyclic) bond motifs is 1. The lowest BCUT2D eigenvalue weighted by Crippen LogP contribution is -2.35. The average molecular weight is 263 g/mol. The SMILES string of the molecule is O=C(NN1SNc2ccccc21)c1cccs1. The van der Waals surface area contributed by atoms with Gasteiger partial charge in [-0.25, -0.2) is 4.41 Å². The molecule has 0 radical (unpaired) electrons. The first-order valence-electron chi connectivity index (χ1n) is 5.01. The van der Waals surface area contributed by atoms with Crippen molar-refractivity contribution in [3.63, 3.8) is 0 Å². The number of carbonyl (C=O) groups excluding carboxylic acids is 1. The van der Waals surface area contributed by atoms with Gasteiger partial charge in [-0.15, -0.1) is 11.3 Å². The molecular weight excluding hydrogens is 254 g/mol. The van der Waals surface area contributed by atoms with Crippen molar-refractivity contribution in [3.8, 4) is 0 Å². The zero-order valence-electron chi connectivity index (χ0n) is 8.71. The number of thiophene rings is 1.